The molecule has 0 unspecified atom stereocenters. The second-order valence-corrected chi connectivity index (χ2v) is 6.01. The van der Waals surface area contributed by atoms with Gasteiger partial charge in [-0.25, -0.2) is 0 Å². The molecule has 2 amide bonds. The van der Waals surface area contributed by atoms with E-state index in [2.05, 4.69) is 10.6 Å². The Labute approximate surface area is 135 Å². The maximum Gasteiger partial charge on any atom is 0.259 e. The fourth-order valence-corrected chi connectivity index (χ4v) is 2.59. The normalized spacial score (nSPS) is 13.7. The lowest BCUT2D eigenvalue weighted by atomic mass is 10.1. The van der Waals surface area contributed by atoms with E-state index in [1.807, 2.05) is 19.9 Å². The summed E-state index contributed by atoms with van der Waals surface area (Å²) in [5.74, 6) is 1.34. The Morgan fingerprint density at radius 2 is 1.70 bits per heavy atom. The van der Waals surface area contributed by atoms with Crippen LogP contribution in [0.4, 0.5) is 11.4 Å². The third-order valence-electron chi connectivity index (χ3n) is 4.12. The van der Waals surface area contributed by atoms with Crippen molar-refractivity contribution in [3.8, 4) is 0 Å². The van der Waals surface area contributed by atoms with Crippen LogP contribution < -0.4 is 10.6 Å². The van der Waals surface area contributed by atoms with Crippen LogP contribution in [0.2, 0.25) is 0 Å². The number of furan rings is 1. The molecule has 1 aromatic carbocycles. The number of carbonyl (C=O) groups excluding carboxylic acids is 2. The van der Waals surface area contributed by atoms with Gasteiger partial charge in [-0.15, -0.1) is 0 Å². The molecule has 3 rings (SSSR count). The molecule has 1 fully saturated rings. The lowest BCUT2D eigenvalue weighted by Gasteiger charge is -2.09. The van der Waals surface area contributed by atoms with Crippen LogP contribution in [-0.4, -0.2) is 11.8 Å². The van der Waals surface area contributed by atoms with Gasteiger partial charge in [-0.1, -0.05) is 6.07 Å². The Morgan fingerprint density at radius 1 is 1.04 bits per heavy atom. The minimum atomic E-state index is -0.206. The van der Waals surface area contributed by atoms with E-state index in [0.29, 0.717) is 22.7 Å². The van der Waals surface area contributed by atoms with Crippen LogP contribution in [-0.2, 0) is 4.79 Å². The molecule has 1 aliphatic carbocycles. The molecule has 0 aliphatic heterocycles. The Hall–Kier alpha value is -2.56. The van der Waals surface area contributed by atoms with Crippen LogP contribution in [0.25, 0.3) is 0 Å². The quantitative estimate of drug-likeness (QED) is 0.902. The average Bonchev–Trinajstić information content (AvgIpc) is 3.28. The molecular formula is C18H20N2O3. The molecule has 0 spiro atoms. The Bertz CT molecular complexity index is 773. The van der Waals surface area contributed by atoms with Crippen molar-refractivity contribution in [1.29, 1.82) is 0 Å². The molecule has 1 heterocycles. The molecule has 5 nitrogen and oxygen atoms in total. The maximum absolute atomic E-state index is 12.5. The first-order chi connectivity index (χ1) is 11.0. The van der Waals surface area contributed by atoms with E-state index in [1.54, 1.807) is 25.1 Å². The summed E-state index contributed by atoms with van der Waals surface area (Å²) in [6, 6.07) is 7.17. The van der Waals surface area contributed by atoms with Crippen molar-refractivity contribution < 1.29 is 14.0 Å². The first-order valence-electron chi connectivity index (χ1n) is 7.74. The maximum atomic E-state index is 12.5. The van der Waals surface area contributed by atoms with Crippen LogP contribution in [0.3, 0.4) is 0 Å². The zero-order valence-electron chi connectivity index (χ0n) is 13.5. The van der Waals surface area contributed by atoms with Crippen molar-refractivity contribution in [3.05, 3.63) is 46.9 Å². The third kappa shape index (κ3) is 3.28. The van der Waals surface area contributed by atoms with Gasteiger partial charge in [0.1, 0.15) is 11.5 Å². The molecule has 0 atom stereocenters. The van der Waals surface area contributed by atoms with Gasteiger partial charge in [0.05, 0.1) is 5.56 Å². The van der Waals surface area contributed by atoms with Gasteiger partial charge in [0, 0.05) is 22.9 Å². The Kier molecular flexibility index (Phi) is 3.94. The predicted molar refractivity (Wildman–Crippen MR) is 88.7 cm³/mol. The Morgan fingerprint density at radius 3 is 2.26 bits per heavy atom. The van der Waals surface area contributed by atoms with E-state index in [1.165, 1.54) is 0 Å². The van der Waals surface area contributed by atoms with Gasteiger partial charge in [-0.3, -0.25) is 9.59 Å². The minimum absolute atomic E-state index is 0.0469. The number of nitrogens with one attached hydrogen (secondary N) is 2. The molecule has 2 aromatic rings. The highest BCUT2D eigenvalue weighted by Crippen LogP contribution is 2.30. The summed E-state index contributed by atoms with van der Waals surface area (Å²) in [4.78, 5) is 24.3. The van der Waals surface area contributed by atoms with Crippen molar-refractivity contribution in [2.45, 2.75) is 33.6 Å². The topological polar surface area (TPSA) is 71.3 Å². The highest BCUT2D eigenvalue weighted by Gasteiger charge is 2.29. The summed E-state index contributed by atoms with van der Waals surface area (Å²) in [5.41, 5.74) is 2.74. The van der Waals surface area contributed by atoms with Gasteiger partial charge in [0.25, 0.3) is 5.91 Å². The third-order valence-corrected chi connectivity index (χ3v) is 4.12. The molecule has 120 valence electrons. The lowest BCUT2D eigenvalue weighted by molar-refractivity contribution is -0.117. The SMILES string of the molecule is Cc1oc(C)c(C(=O)Nc2cccc(NC(=O)C3CC3)c2)c1C. The highest BCUT2D eigenvalue weighted by atomic mass is 16.3. The van der Waals surface area contributed by atoms with Gasteiger partial charge in [-0.05, 0) is 51.8 Å². The largest absolute Gasteiger partial charge is 0.466 e. The van der Waals surface area contributed by atoms with E-state index in [9.17, 15) is 9.59 Å². The van der Waals surface area contributed by atoms with E-state index < -0.39 is 0 Å². The number of anilines is 2. The number of amides is 2. The van der Waals surface area contributed by atoms with Crippen molar-refractivity contribution in [1.82, 2.24) is 0 Å². The van der Waals surface area contributed by atoms with Crippen LogP contribution >= 0.6 is 0 Å². The molecule has 1 aromatic heterocycles. The van der Waals surface area contributed by atoms with E-state index >= 15 is 0 Å². The smallest absolute Gasteiger partial charge is 0.259 e. The van der Waals surface area contributed by atoms with Crippen molar-refractivity contribution in [2.75, 3.05) is 10.6 Å². The van der Waals surface area contributed by atoms with Crippen LogP contribution in [0.1, 0.15) is 40.3 Å². The molecule has 0 saturated heterocycles. The molecular weight excluding hydrogens is 292 g/mol. The fraction of sp³-hybridized carbons (Fsp3) is 0.333. The zero-order chi connectivity index (χ0) is 16.6. The second-order valence-electron chi connectivity index (χ2n) is 6.01. The summed E-state index contributed by atoms with van der Waals surface area (Å²) < 4.78 is 5.50. The molecule has 2 N–H and O–H groups in total. The Balaban J connectivity index is 1.74. The number of hydrogen-bond acceptors (Lipinski definition) is 3. The summed E-state index contributed by atoms with van der Waals surface area (Å²) in [7, 11) is 0. The van der Waals surface area contributed by atoms with Crippen molar-refractivity contribution in [3.63, 3.8) is 0 Å². The number of aryl methyl sites for hydroxylation is 2. The number of carbonyl (C=O) groups is 2. The molecule has 23 heavy (non-hydrogen) atoms. The summed E-state index contributed by atoms with van der Waals surface area (Å²) >= 11 is 0. The van der Waals surface area contributed by atoms with Crippen molar-refractivity contribution >= 4 is 23.2 Å². The summed E-state index contributed by atoms with van der Waals surface area (Å²) in [6.07, 6.45) is 1.92. The van der Waals surface area contributed by atoms with Gasteiger partial charge < -0.3 is 15.1 Å². The zero-order valence-corrected chi connectivity index (χ0v) is 13.5. The van der Waals surface area contributed by atoms with Gasteiger partial charge in [0.15, 0.2) is 0 Å². The van der Waals surface area contributed by atoms with Gasteiger partial charge in [0.2, 0.25) is 5.91 Å². The van der Waals surface area contributed by atoms with Crippen molar-refractivity contribution in [2.24, 2.45) is 5.92 Å². The monoisotopic (exact) mass is 312 g/mol. The van der Waals surface area contributed by atoms with Crippen LogP contribution in [0, 0.1) is 26.7 Å². The molecule has 5 heteroatoms. The minimum Gasteiger partial charge on any atom is -0.466 e. The number of rotatable bonds is 4. The highest BCUT2D eigenvalue weighted by molar-refractivity contribution is 6.06. The predicted octanol–water partition coefficient (Wildman–Crippen LogP) is 3.81. The molecule has 0 radical (unpaired) electrons. The standard InChI is InChI=1S/C18H20N2O3/c1-10-11(2)23-12(3)16(10)18(22)20-15-6-4-5-14(9-15)19-17(21)13-7-8-13/h4-6,9,13H,7-8H2,1-3H3,(H,19,21)(H,20,22). The van der Waals surface area contributed by atoms with Crippen LogP contribution in [0.5, 0.6) is 0 Å². The molecule has 1 saturated carbocycles. The van der Waals surface area contributed by atoms with E-state index in [-0.39, 0.29) is 17.7 Å². The van der Waals surface area contributed by atoms with E-state index in [0.717, 1.165) is 24.2 Å². The van der Waals surface area contributed by atoms with Gasteiger partial charge in [-0.2, -0.15) is 0 Å². The first-order valence-corrected chi connectivity index (χ1v) is 7.74. The van der Waals surface area contributed by atoms with Gasteiger partial charge >= 0.3 is 0 Å². The first kappa shape index (κ1) is 15.3. The number of benzene rings is 1. The van der Waals surface area contributed by atoms with E-state index in [4.69, 9.17) is 4.42 Å². The fourth-order valence-electron chi connectivity index (χ4n) is 2.59. The second kappa shape index (κ2) is 5.91. The molecule has 0 bridgehead atoms. The summed E-state index contributed by atoms with van der Waals surface area (Å²) in [5, 5.41) is 5.74. The molecule has 1 aliphatic rings. The number of hydrogen-bond donors (Lipinski definition) is 2. The van der Waals surface area contributed by atoms with Crippen LogP contribution in [0.15, 0.2) is 28.7 Å². The summed E-state index contributed by atoms with van der Waals surface area (Å²) in [6.45, 7) is 5.49. The average molecular weight is 312 g/mol. The lowest BCUT2D eigenvalue weighted by Crippen LogP contribution is -2.15.